The Morgan fingerprint density at radius 1 is 1.30 bits per heavy atom. The maximum atomic E-state index is 15.5. The largest absolute Gasteiger partial charge is 0.452 e. The van der Waals surface area contributed by atoms with Crippen LogP contribution in [-0.2, 0) is 15.1 Å². The maximum absolute atomic E-state index is 15.5. The smallest absolute Gasteiger partial charge is 0.315 e. The van der Waals surface area contributed by atoms with E-state index in [9.17, 15) is 13.6 Å². The number of amides is 1. The molecule has 0 bridgehead atoms. The van der Waals surface area contributed by atoms with E-state index in [1.807, 2.05) is 0 Å². The van der Waals surface area contributed by atoms with Gasteiger partial charge in [-0.15, -0.1) is 0 Å². The highest BCUT2D eigenvalue weighted by Gasteiger charge is 2.72. The van der Waals surface area contributed by atoms with Gasteiger partial charge in [0.05, 0.1) is 0 Å². The molecule has 1 aromatic carbocycles. The van der Waals surface area contributed by atoms with Gasteiger partial charge in [0, 0.05) is 17.5 Å². The second-order valence-electron chi connectivity index (χ2n) is 7.80. The molecule has 10 heteroatoms. The number of hydrogen-bond acceptors (Lipinski definition) is 5. The van der Waals surface area contributed by atoms with E-state index in [1.54, 1.807) is 0 Å². The highest BCUT2D eigenvalue weighted by Crippen LogP contribution is 2.58. The number of nitrogens with two attached hydrogens (primary N) is 1. The standard InChI is InChI=1S/C20H20F4N4O2/c1-18(20(23,24)19(7-2-8-19)30-17(25)28-18)13-9-12(4-5-14(13)22)27-16(29)15-6-3-11(21)10-26-15/h3-6,9-11,15H,2,7-8H2,1H3,(H2,25,28)(H,27,29). The van der Waals surface area contributed by atoms with Crippen LogP contribution in [0, 0.1) is 5.82 Å². The third kappa shape index (κ3) is 2.96. The first-order chi connectivity index (χ1) is 14.1. The van der Waals surface area contributed by atoms with Crippen LogP contribution < -0.4 is 11.1 Å². The summed E-state index contributed by atoms with van der Waals surface area (Å²) in [6.45, 7) is 1.10. The van der Waals surface area contributed by atoms with Crippen LogP contribution in [0.4, 0.5) is 23.2 Å². The quantitative estimate of drug-likeness (QED) is 0.577. The molecule has 1 fully saturated rings. The highest BCUT2D eigenvalue weighted by atomic mass is 19.3. The number of halogens is 4. The summed E-state index contributed by atoms with van der Waals surface area (Å²) in [5, 5.41) is 2.49. The van der Waals surface area contributed by atoms with Crippen LogP contribution in [0.3, 0.4) is 0 Å². The molecular formula is C20H20F4N4O2. The Morgan fingerprint density at radius 2 is 2.03 bits per heavy atom. The number of nitrogens with zero attached hydrogens (tertiary/aromatic N) is 2. The van der Waals surface area contributed by atoms with E-state index in [0.717, 1.165) is 25.3 Å². The number of hydrogen-bond donors (Lipinski definition) is 2. The number of carbonyl (C=O) groups excluding carboxylic acids is 1. The van der Waals surface area contributed by atoms with Crippen LogP contribution in [0.25, 0.3) is 0 Å². The number of allylic oxidation sites excluding steroid dienone is 1. The third-order valence-corrected chi connectivity index (χ3v) is 5.87. The molecule has 1 spiro atoms. The normalized spacial score (nSPS) is 30.9. The lowest BCUT2D eigenvalue weighted by molar-refractivity contribution is -0.252. The van der Waals surface area contributed by atoms with Crippen LogP contribution in [0.5, 0.6) is 0 Å². The molecule has 3 atom stereocenters. The van der Waals surface area contributed by atoms with Gasteiger partial charge in [0.25, 0.3) is 11.9 Å². The summed E-state index contributed by atoms with van der Waals surface area (Å²) in [6.07, 6.45) is 2.75. The van der Waals surface area contributed by atoms with Crippen molar-refractivity contribution in [2.45, 2.75) is 55.5 Å². The molecule has 1 aromatic rings. The minimum absolute atomic E-state index is 0.0716. The Bertz CT molecular complexity index is 960. The van der Waals surface area contributed by atoms with Crippen molar-refractivity contribution in [3.05, 3.63) is 41.7 Å². The number of rotatable bonds is 3. The fraction of sp³-hybridized carbons (Fsp3) is 0.450. The van der Waals surface area contributed by atoms with Crippen LogP contribution in [-0.4, -0.2) is 41.9 Å². The SMILES string of the molecule is CC1(c2cc(NC(=O)C3C=CC(F)C=N3)ccc2F)N=C(N)OC2(CCC2)C1(F)F. The fourth-order valence-corrected chi connectivity index (χ4v) is 4.00. The number of aliphatic imine (C=N–C) groups is 2. The van der Waals surface area contributed by atoms with E-state index in [-0.39, 0.29) is 18.5 Å². The summed E-state index contributed by atoms with van der Waals surface area (Å²) in [4.78, 5) is 19.9. The van der Waals surface area contributed by atoms with Gasteiger partial charge in [-0.1, -0.05) is 6.08 Å². The van der Waals surface area contributed by atoms with Gasteiger partial charge in [-0.2, -0.15) is 8.78 Å². The summed E-state index contributed by atoms with van der Waals surface area (Å²) in [7, 11) is 0. The summed E-state index contributed by atoms with van der Waals surface area (Å²) >= 11 is 0. The first kappa shape index (κ1) is 20.4. The first-order valence-corrected chi connectivity index (χ1v) is 9.47. The molecule has 3 unspecified atom stereocenters. The Hall–Kier alpha value is -2.91. The third-order valence-electron chi connectivity index (χ3n) is 5.87. The van der Waals surface area contributed by atoms with Crippen molar-refractivity contribution in [1.29, 1.82) is 0 Å². The van der Waals surface area contributed by atoms with Crippen LogP contribution in [0.15, 0.2) is 40.3 Å². The molecule has 4 rings (SSSR count). The van der Waals surface area contributed by atoms with Crippen molar-refractivity contribution in [1.82, 2.24) is 0 Å². The molecule has 1 aliphatic carbocycles. The molecule has 0 saturated heterocycles. The Kier molecular flexibility index (Phi) is 4.63. The summed E-state index contributed by atoms with van der Waals surface area (Å²) in [5.74, 6) is -5.08. The van der Waals surface area contributed by atoms with Crippen molar-refractivity contribution >= 4 is 23.8 Å². The molecule has 6 nitrogen and oxygen atoms in total. The predicted octanol–water partition coefficient (Wildman–Crippen LogP) is 3.23. The monoisotopic (exact) mass is 424 g/mol. The average Bonchev–Trinajstić information content (AvgIpc) is 2.65. The zero-order valence-corrected chi connectivity index (χ0v) is 16.0. The molecule has 1 saturated carbocycles. The van der Waals surface area contributed by atoms with Gasteiger partial charge in [0.2, 0.25) is 0 Å². The predicted molar refractivity (Wildman–Crippen MR) is 103 cm³/mol. The molecule has 3 aliphatic rings. The summed E-state index contributed by atoms with van der Waals surface area (Å²) < 4.78 is 64.0. The summed E-state index contributed by atoms with van der Waals surface area (Å²) in [6, 6.07) is 1.90. The van der Waals surface area contributed by atoms with E-state index in [0.29, 0.717) is 6.42 Å². The number of anilines is 1. The Morgan fingerprint density at radius 3 is 2.63 bits per heavy atom. The number of dihydropyridines is 1. The first-order valence-electron chi connectivity index (χ1n) is 9.47. The Balaban J connectivity index is 1.68. The lowest BCUT2D eigenvalue weighted by atomic mass is 9.66. The number of alkyl halides is 3. The number of amidine groups is 1. The van der Waals surface area contributed by atoms with Gasteiger partial charge in [0.1, 0.15) is 11.9 Å². The minimum Gasteiger partial charge on any atom is -0.452 e. The molecule has 0 radical (unpaired) electrons. The van der Waals surface area contributed by atoms with E-state index in [4.69, 9.17) is 10.5 Å². The van der Waals surface area contributed by atoms with Crippen molar-refractivity contribution in [2.24, 2.45) is 15.7 Å². The molecule has 1 amide bonds. The number of ether oxygens (including phenoxy) is 1. The van der Waals surface area contributed by atoms with Crippen molar-refractivity contribution in [3.63, 3.8) is 0 Å². The fourth-order valence-electron chi connectivity index (χ4n) is 4.00. The van der Waals surface area contributed by atoms with Crippen molar-refractivity contribution in [3.8, 4) is 0 Å². The van der Waals surface area contributed by atoms with Crippen LogP contribution >= 0.6 is 0 Å². The number of benzene rings is 1. The van der Waals surface area contributed by atoms with Crippen LogP contribution in [0.1, 0.15) is 31.7 Å². The zero-order valence-electron chi connectivity index (χ0n) is 16.0. The van der Waals surface area contributed by atoms with Gasteiger partial charge in [-0.3, -0.25) is 9.79 Å². The number of nitrogens with one attached hydrogen (secondary N) is 1. The van der Waals surface area contributed by atoms with E-state index < -0.39 is 52.6 Å². The zero-order chi connectivity index (χ0) is 21.7. The van der Waals surface area contributed by atoms with E-state index in [1.165, 1.54) is 18.2 Å². The molecule has 3 N–H and O–H groups in total. The van der Waals surface area contributed by atoms with Gasteiger partial charge in [-0.25, -0.2) is 13.8 Å². The van der Waals surface area contributed by atoms with Crippen LogP contribution in [0.2, 0.25) is 0 Å². The lowest BCUT2D eigenvalue weighted by Crippen LogP contribution is -2.67. The van der Waals surface area contributed by atoms with Gasteiger partial charge in [-0.05, 0) is 50.5 Å². The van der Waals surface area contributed by atoms with Crippen molar-refractivity contribution in [2.75, 3.05) is 5.32 Å². The van der Waals surface area contributed by atoms with Gasteiger partial charge >= 0.3 is 5.92 Å². The van der Waals surface area contributed by atoms with Gasteiger partial charge < -0.3 is 15.8 Å². The molecule has 160 valence electrons. The average molecular weight is 424 g/mol. The second-order valence-corrected chi connectivity index (χ2v) is 7.80. The Labute approximate surface area is 169 Å². The highest BCUT2D eigenvalue weighted by molar-refractivity contribution is 5.97. The molecule has 2 heterocycles. The maximum Gasteiger partial charge on any atom is 0.315 e. The second kappa shape index (κ2) is 6.82. The van der Waals surface area contributed by atoms with E-state index in [2.05, 4.69) is 15.3 Å². The minimum atomic E-state index is -3.54. The molecular weight excluding hydrogens is 404 g/mol. The topological polar surface area (TPSA) is 89.1 Å². The van der Waals surface area contributed by atoms with Crippen molar-refractivity contribution < 1.29 is 27.1 Å². The molecule has 2 aliphatic heterocycles. The number of carbonyl (C=O) groups is 1. The summed E-state index contributed by atoms with van der Waals surface area (Å²) in [5.41, 5.74) is 1.17. The lowest BCUT2D eigenvalue weighted by Gasteiger charge is -2.54. The molecule has 0 aromatic heterocycles. The van der Waals surface area contributed by atoms with E-state index >= 15 is 8.78 Å². The molecule has 30 heavy (non-hydrogen) atoms. The van der Waals surface area contributed by atoms with Gasteiger partial charge in [0.15, 0.2) is 17.3 Å².